The molecule has 0 atom stereocenters. The number of fused-ring (bicyclic) bond motifs is 1. The minimum absolute atomic E-state index is 0.0508. The van der Waals surface area contributed by atoms with Crippen LogP contribution >= 0.6 is 0 Å². The van der Waals surface area contributed by atoms with Gasteiger partial charge in [-0.2, -0.15) is 21.6 Å². The molecule has 12 heteroatoms. The van der Waals surface area contributed by atoms with Crippen LogP contribution in [0.2, 0.25) is 0 Å². The number of aromatic nitrogens is 3. The lowest BCUT2D eigenvalue weighted by atomic mass is 9.58. The van der Waals surface area contributed by atoms with Gasteiger partial charge in [-0.05, 0) is 59.7 Å². The number of alkyl halides is 3. The van der Waals surface area contributed by atoms with Crippen molar-refractivity contribution in [2.24, 2.45) is 13.0 Å². The molecule has 1 fully saturated rings. The van der Waals surface area contributed by atoms with Crippen molar-refractivity contribution in [3.05, 3.63) is 76.4 Å². The Morgan fingerprint density at radius 1 is 1.19 bits per heavy atom. The van der Waals surface area contributed by atoms with E-state index in [4.69, 9.17) is 0 Å². The summed E-state index contributed by atoms with van der Waals surface area (Å²) < 4.78 is 71.1. The Labute approximate surface area is 212 Å². The van der Waals surface area contributed by atoms with Gasteiger partial charge in [-0.25, -0.2) is 0 Å². The van der Waals surface area contributed by atoms with E-state index >= 15 is 0 Å². The highest BCUT2D eigenvalue weighted by Gasteiger charge is 2.48. The predicted octanol–water partition coefficient (Wildman–Crippen LogP) is 4.19. The molecular formula is C25H25F3N4O4S. The smallest absolute Gasteiger partial charge is 0.320 e. The summed E-state index contributed by atoms with van der Waals surface area (Å²) in [6, 6.07) is 9.39. The molecule has 1 aromatic heterocycles. The second-order valence-corrected chi connectivity index (χ2v) is 11.6. The van der Waals surface area contributed by atoms with Crippen molar-refractivity contribution in [1.82, 2.24) is 14.8 Å². The maximum Gasteiger partial charge on any atom is 0.416 e. The molecule has 2 heterocycles. The summed E-state index contributed by atoms with van der Waals surface area (Å²) in [5.74, 6) is 0.669. The molecule has 0 spiro atoms. The average Bonchev–Trinajstić information content (AvgIpc) is 3.37. The third-order valence-electron chi connectivity index (χ3n) is 7.09. The Morgan fingerprint density at radius 2 is 1.92 bits per heavy atom. The summed E-state index contributed by atoms with van der Waals surface area (Å²) in [5, 5.41) is 8.36. The Kier molecular flexibility index (Phi) is 5.94. The molecule has 5 rings (SSSR count). The lowest BCUT2D eigenvalue weighted by molar-refractivity contribution is -0.138. The fourth-order valence-corrected chi connectivity index (χ4v) is 5.90. The Bertz CT molecular complexity index is 1490. The van der Waals surface area contributed by atoms with Crippen LogP contribution in [0.5, 0.6) is 0 Å². The summed E-state index contributed by atoms with van der Waals surface area (Å²) in [6.07, 6.45) is -0.630. The van der Waals surface area contributed by atoms with Crippen molar-refractivity contribution < 1.29 is 30.6 Å². The third kappa shape index (κ3) is 4.52. The van der Waals surface area contributed by atoms with Gasteiger partial charge in [0.05, 0.1) is 30.4 Å². The highest BCUT2D eigenvalue weighted by atomic mass is 32.2. The first kappa shape index (κ1) is 25.4. The largest absolute Gasteiger partial charge is 0.416 e. The maximum atomic E-state index is 14.0. The number of benzene rings is 2. The van der Waals surface area contributed by atoms with Gasteiger partial charge >= 0.3 is 6.18 Å². The molecule has 0 radical (unpaired) electrons. The van der Waals surface area contributed by atoms with Gasteiger partial charge in [0, 0.05) is 18.3 Å². The lowest BCUT2D eigenvalue weighted by Crippen LogP contribution is -2.43. The van der Waals surface area contributed by atoms with Gasteiger partial charge in [0.2, 0.25) is 0 Å². The number of nitrogens with zero attached hydrogens (tertiary/aromatic N) is 4. The molecular weight excluding hydrogens is 509 g/mol. The van der Waals surface area contributed by atoms with Gasteiger partial charge in [-0.3, -0.25) is 8.98 Å². The van der Waals surface area contributed by atoms with E-state index in [2.05, 4.69) is 21.3 Å². The molecule has 0 saturated heterocycles. The first-order chi connectivity index (χ1) is 17.3. The molecule has 37 heavy (non-hydrogen) atoms. The minimum Gasteiger partial charge on any atom is -0.320 e. The van der Waals surface area contributed by atoms with Gasteiger partial charge in [-0.15, -0.1) is 10.2 Å². The number of carbonyl (C=O) groups is 1. The van der Waals surface area contributed by atoms with Crippen LogP contribution in [0.1, 0.15) is 58.2 Å². The van der Waals surface area contributed by atoms with Crippen LogP contribution in [0.25, 0.3) is 0 Å². The lowest BCUT2D eigenvalue weighted by Gasteiger charge is -2.46. The first-order valence-corrected chi connectivity index (χ1v) is 13.4. The third-order valence-corrected chi connectivity index (χ3v) is 7.64. The van der Waals surface area contributed by atoms with Crippen LogP contribution in [-0.4, -0.2) is 35.3 Å². The van der Waals surface area contributed by atoms with E-state index in [9.17, 15) is 26.4 Å². The highest BCUT2D eigenvalue weighted by Crippen LogP contribution is 2.52. The summed E-state index contributed by atoms with van der Waals surface area (Å²) in [7, 11) is -2.01. The SMILES string of the molecule is CC1CC(c2cccc(N3Cc4c(cc(COS(C)(=O)=O)cc4C(F)(F)F)C3=O)c2)(c2nncn2C)C1. The van der Waals surface area contributed by atoms with E-state index in [-0.39, 0.29) is 23.2 Å². The van der Waals surface area contributed by atoms with Gasteiger partial charge in [0.15, 0.2) is 0 Å². The average molecular weight is 535 g/mol. The molecule has 0 N–H and O–H groups in total. The Balaban J connectivity index is 1.53. The van der Waals surface area contributed by atoms with Gasteiger partial charge in [0.1, 0.15) is 12.2 Å². The van der Waals surface area contributed by atoms with Gasteiger partial charge in [-0.1, -0.05) is 19.1 Å². The van der Waals surface area contributed by atoms with Crippen molar-refractivity contribution in [2.75, 3.05) is 11.2 Å². The number of amides is 1. The van der Waals surface area contributed by atoms with Crippen molar-refractivity contribution >= 4 is 21.7 Å². The fourth-order valence-electron chi connectivity index (χ4n) is 5.55. The van der Waals surface area contributed by atoms with Crippen LogP contribution in [0.15, 0.2) is 42.7 Å². The van der Waals surface area contributed by atoms with Crippen molar-refractivity contribution in [3.63, 3.8) is 0 Å². The molecule has 2 aromatic carbocycles. The number of hydrogen-bond donors (Lipinski definition) is 0. The normalized spacial score (nSPS) is 21.7. The summed E-state index contributed by atoms with van der Waals surface area (Å²) in [4.78, 5) is 14.7. The van der Waals surface area contributed by atoms with E-state index < -0.39 is 39.8 Å². The Morgan fingerprint density at radius 3 is 2.51 bits per heavy atom. The second-order valence-electron chi connectivity index (χ2n) is 9.94. The molecule has 8 nitrogen and oxygen atoms in total. The molecule has 196 valence electrons. The molecule has 1 aliphatic heterocycles. The van der Waals surface area contributed by atoms with Gasteiger partial charge in [0.25, 0.3) is 16.0 Å². The number of hydrogen-bond acceptors (Lipinski definition) is 6. The fraction of sp³-hybridized carbons (Fsp3) is 0.400. The van der Waals surface area contributed by atoms with Crippen LogP contribution in [0.4, 0.5) is 18.9 Å². The van der Waals surface area contributed by atoms with Crippen LogP contribution in [-0.2, 0) is 46.1 Å². The molecule has 0 unspecified atom stereocenters. The summed E-state index contributed by atoms with van der Waals surface area (Å²) in [6.45, 7) is 1.28. The van der Waals surface area contributed by atoms with E-state index in [1.54, 1.807) is 18.5 Å². The van der Waals surface area contributed by atoms with Crippen LogP contribution in [0.3, 0.4) is 0 Å². The van der Waals surface area contributed by atoms with Crippen LogP contribution < -0.4 is 4.90 Å². The van der Waals surface area contributed by atoms with Crippen molar-refractivity contribution in [3.8, 4) is 0 Å². The highest BCUT2D eigenvalue weighted by molar-refractivity contribution is 7.85. The van der Waals surface area contributed by atoms with Crippen molar-refractivity contribution in [1.29, 1.82) is 0 Å². The van der Waals surface area contributed by atoms with E-state index in [1.807, 2.05) is 23.7 Å². The first-order valence-electron chi connectivity index (χ1n) is 11.6. The predicted molar refractivity (Wildman–Crippen MR) is 128 cm³/mol. The van der Waals surface area contributed by atoms with Gasteiger partial charge < -0.3 is 9.47 Å². The molecule has 1 amide bonds. The van der Waals surface area contributed by atoms with Crippen molar-refractivity contribution in [2.45, 2.75) is 44.5 Å². The molecule has 3 aromatic rings. The molecule has 1 aliphatic carbocycles. The Hall–Kier alpha value is -3.25. The minimum atomic E-state index is -4.74. The molecule has 2 aliphatic rings. The number of carbonyl (C=O) groups excluding carboxylic acids is 1. The number of anilines is 1. The summed E-state index contributed by atoms with van der Waals surface area (Å²) >= 11 is 0. The monoisotopic (exact) mass is 534 g/mol. The topological polar surface area (TPSA) is 94.4 Å². The summed E-state index contributed by atoms with van der Waals surface area (Å²) in [5.41, 5.74) is -0.302. The molecule has 0 bridgehead atoms. The standard InChI is InChI=1S/C25H25F3N4O4S/c1-15-10-24(11-15,23-30-29-14-31(23)2)17-5-4-6-18(9-17)32-12-20-19(22(32)33)7-16(13-36-37(3,34)35)8-21(20)25(26,27)28/h4-9,14-15H,10-13H2,1-3H3. The maximum absolute atomic E-state index is 14.0. The number of rotatable bonds is 6. The number of aryl methyl sites for hydroxylation is 1. The van der Waals surface area contributed by atoms with Crippen LogP contribution in [0, 0.1) is 5.92 Å². The van der Waals surface area contributed by atoms with E-state index in [1.165, 1.54) is 11.0 Å². The quantitative estimate of drug-likeness (QED) is 0.441. The zero-order chi connectivity index (χ0) is 26.8. The zero-order valence-corrected chi connectivity index (χ0v) is 21.2. The zero-order valence-electron chi connectivity index (χ0n) is 20.4. The van der Waals surface area contributed by atoms with E-state index in [0.29, 0.717) is 11.6 Å². The molecule has 1 saturated carbocycles. The second kappa shape index (κ2) is 8.66. The van der Waals surface area contributed by atoms with E-state index in [0.717, 1.165) is 36.6 Å². The number of halogens is 3.